The van der Waals surface area contributed by atoms with Gasteiger partial charge in [0.1, 0.15) is 18.8 Å². The molecule has 3 rings (SSSR count). The summed E-state index contributed by atoms with van der Waals surface area (Å²) in [5, 5.41) is 0. The number of carbonyl (C=O) groups excluding carboxylic acids is 6. The predicted molar refractivity (Wildman–Crippen MR) is 197 cm³/mol. The zero-order valence-corrected chi connectivity index (χ0v) is 33.8. The Morgan fingerprint density at radius 1 is 0.685 bits per heavy atom. The van der Waals surface area contributed by atoms with Crippen LogP contribution in [0.3, 0.4) is 0 Å². The smallest absolute Gasteiger partial charge is 0.495 e. The number of hydrogen-bond acceptors (Lipinski definition) is 14. The van der Waals surface area contributed by atoms with Crippen LogP contribution in [0.1, 0.15) is 100 Å². The van der Waals surface area contributed by atoms with Crippen molar-refractivity contribution in [2.45, 2.75) is 114 Å². The average molecular weight is 758 g/mol. The molecule has 0 bridgehead atoms. The van der Waals surface area contributed by atoms with E-state index in [9.17, 15) is 28.8 Å². The van der Waals surface area contributed by atoms with Crippen LogP contribution in [0.25, 0.3) is 6.08 Å². The van der Waals surface area contributed by atoms with E-state index in [4.69, 9.17) is 33.0 Å². The van der Waals surface area contributed by atoms with Crippen LogP contribution in [0.2, 0.25) is 0 Å². The molecule has 0 unspecified atom stereocenters. The van der Waals surface area contributed by atoms with E-state index in [0.29, 0.717) is 11.1 Å². The SMILES string of the molecule is CN1CC(=O)OB(/C=C/c2ccc([C@H]3O[C@H](COC(=O)C(C)(C)C)[C@@H](OC(=O)C(C)(C)C)[C@H](OC(=O)C(C)(C)C)[C@@H]3OC(=O)C(C)(C)C)cc2)OC(=O)C1. The van der Waals surface area contributed by atoms with Gasteiger partial charge in [-0.1, -0.05) is 30.3 Å². The number of benzene rings is 1. The number of hydrogen-bond donors (Lipinski definition) is 0. The van der Waals surface area contributed by atoms with Gasteiger partial charge in [0.05, 0.1) is 34.7 Å². The summed E-state index contributed by atoms with van der Waals surface area (Å²) in [7, 11) is 0.366. The third kappa shape index (κ3) is 12.4. The molecular weight excluding hydrogens is 701 g/mol. The average Bonchev–Trinajstić information content (AvgIpc) is 3.01. The van der Waals surface area contributed by atoms with Gasteiger partial charge in [-0.15, -0.1) is 0 Å². The first-order valence-electron chi connectivity index (χ1n) is 18.0. The Morgan fingerprint density at radius 3 is 1.56 bits per heavy atom. The van der Waals surface area contributed by atoms with Crippen molar-refractivity contribution in [3.63, 3.8) is 0 Å². The van der Waals surface area contributed by atoms with Crippen molar-refractivity contribution in [2.75, 3.05) is 26.7 Å². The van der Waals surface area contributed by atoms with Crippen LogP contribution < -0.4 is 0 Å². The minimum absolute atomic E-state index is 0.0742. The van der Waals surface area contributed by atoms with Crippen LogP contribution in [-0.4, -0.2) is 99.0 Å². The molecule has 2 fully saturated rings. The highest BCUT2D eigenvalue weighted by Crippen LogP contribution is 2.40. The summed E-state index contributed by atoms with van der Waals surface area (Å²) in [6.45, 7) is 19.5. The minimum Gasteiger partial charge on any atom is -0.495 e. The molecule has 1 aromatic rings. The summed E-state index contributed by atoms with van der Waals surface area (Å²) in [5.74, 6) is -2.18. The van der Waals surface area contributed by atoms with Crippen molar-refractivity contribution in [3.8, 4) is 0 Å². The summed E-state index contributed by atoms with van der Waals surface area (Å²) < 4.78 is 41.1. The number of nitrogens with zero attached hydrogens (tertiary/aromatic N) is 1. The van der Waals surface area contributed by atoms with E-state index in [-0.39, 0.29) is 19.7 Å². The Bertz CT molecular complexity index is 1560. The van der Waals surface area contributed by atoms with Crippen molar-refractivity contribution in [1.82, 2.24) is 4.90 Å². The van der Waals surface area contributed by atoms with E-state index in [0.717, 1.165) is 0 Å². The van der Waals surface area contributed by atoms with E-state index in [1.54, 1.807) is 120 Å². The monoisotopic (exact) mass is 757 g/mol. The quantitative estimate of drug-likeness (QED) is 0.204. The molecule has 298 valence electrons. The van der Waals surface area contributed by atoms with Crippen LogP contribution in [0.4, 0.5) is 0 Å². The maximum atomic E-state index is 13.6. The molecule has 2 heterocycles. The summed E-state index contributed by atoms with van der Waals surface area (Å²) in [6.07, 6.45) is -4.76. The van der Waals surface area contributed by atoms with Crippen molar-refractivity contribution in [3.05, 3.63) is 41.4 Å². The number of carbonyl (C=O) groups is 6. The van der Waals surface area contributed by atoms with Gasteiger partial charge in [-0.05, 0) is 107 Å². The molecular formula is C39H56BNO13. The first-order chi connectivity index (χ1) is 24.7. The first kappa shape index (κ1) is 44.2. The summed E-state index contributed by atoms with van der Waals surface area (Å²) in [5.41, 5.74) is -2.77. The van der Waals surface area contributed by atoms with E-state index in [1.807, 2.05) is 0 Å². The molecule has 0 N–H and O–H groups in total. The van der Waals surface area contributed by atoms with Gasteiger partial charge in [0.2, 0.25) is 0 Å². The molecule has 0 aliphatic carbocycles. The fourth-order valence-electron chi connectivity index (χ4n) is 4.92. The van der Waals surface area contributed by atoms with E-state index in [2.05, 4.69) is 0 Å². The molecule has 0 saturated carbocycles. The molecule has 0 spiro atoms. The second-order valence-electron chi connectivity index (χ2n) is 17.8. The van der Waals surface area contributed by atoms with Gasteiger partial charge in [0.25, 0.3) is 0 Å². The van der Waals surface area contributed by atoms with Crippen molar-refractivity contribution in [2.24, 2.45) is 21.7 Å². The Morgan fingerprint density at radius 2 is 1.11 bits per heavy atom. The molecule has 0 amide bonds. The molecule has 2 aliphatic rings. The highest BCUT2D eigenvalue weighted by atomic mass is 16.7. The summed E-state index contributed by atoms with van der Waals surface area (Å²) in [6, 6.07) is 6.79. The second kappa shape index (κ2) is 17.1. The van der Waals surface area contributed by atoms with Crippen molar-refractivity contribution in [1.29, 1.82) is 0 Å². The third-order valence-corrected chi connectivity index (χ3v) is 8.20. The van der Waals surface area contributed by atoms with Gasteiger partial charge in [0, 0.05) is 0 Å². The van der Waals surface area contributed by atoms with E-state index < -0.39 is 95.1 Å². The van der Waals surface area contributed by atoms with Crippen LogP contribution >= 0.6 is 0 Å². The fourth-order valence-corrected chi connectivity index (χ4v) is 4.92. The zero-order valence-electron chi connectivity index (χ0n) is 33.8. The largest absolute Gasteiger partial charge is 0.628 e. The molecule has 5 atom stereocenters. The van der Waals surface area contributed by atoms with Gasteiger partial charge in [0.15, 0.2) is 18.3 Å². The third-order valence-electron chi connectivity index (χ3n) is 8.20. The number of likely N-dealkylation sites (N-methyl/N-ethyl adjacent to an activating group) is 1. The molecule has 0 radical (unpaired) electrons. The van der Waals surface area contributed by atoms with Crippen molar-refractivity contribution < 1.29 is 61.8 Å². The Hall–Kier alpha value is -4.24. The lowest BCUT2D eigenvalue weighted by molar-refractivity contribution is -0.262. The fraction of sp³-hybridized carbons (Fsp3) is 0.641. The van der Waals surface area contributed by atoms with Gasteiger partial charge < -0.3 is 33.0 Å². The number of esters is 4. The van der Waals surface area contributed by atoms with Gasteiger partial charge in [-0.25, -0.2) is 0 Å². The summed E-state index contributed by atoms with van der Waals surface area (Å²) in [4.78, 5) is 79.4. The lowest BCUT2D eigenvalue weighted by Crippen LogP contribution is -2.61. The molecule has 15 heteroatoms. The maximum Gasteiger partial charge on any atom is 0.628 e. The standard InChI is InChI=1S/C39H56BNO13/c1-36(2,3)32(44)48-22-25-29(50-33(45)37(4,5)6)31(52-35(47)39(10,11)12)30(51-34(46)38(7,8)9)28(49-25)24-16-14-23(15-17-24)18-19-40-53-26(42)20-41(13)21-27(43)54-40/h14-19,25,28-31H,20-22H2,1-13H3/b19-18+/t25-,28-,29-,30-,31+/m1/s1. The molecule has 14 nitrogen and oxygen atoms in total. The Labute approximate surface area is 318 Å². The molecule has 2 aliphatic heterocycles. The number of ether oxygens (including phenoxy) is 5. The van der Waals surface area contributed by atoms with Crippen LogP contribution in [0.15, 0.2) is 30.2 Å². The zero-order chi connectivity index (χ0) is 41.0. The molecule has 1 aromatic carbocycles. The Balaban J connectivity index is 2.12. The van der Waals surface area contributed by atoms with E-state index in [1.165, 1.54) is 10.9 Å². The van der Waals surface area contributed by atoms with Gasteiger partial charge in [-0.2, -0.15) is 0 Å². The molecule has 54 heavy (non-hydrogen) atoms. The lowest BCUT2D eigenvalue weighted by Gasteiger charge is -2.46. The topological polar surface area (TPSA) is 170 Å². The maximum absolute atomic E-state index is 13.6. The predicted octanol–water partition coefficient (Wildman–Crippen LogP) is 4.66. The summed E-state index contributed by atoms with van der Waals surface area (Å²) >= 11 is 0. The Kier molecular flexibility index (Phi) is 13.9. The van der Waals surface area contributed by atoms with E-state index >= 15 is 0 Å². The highest BCUT2D eigenvalue weighted by molar-refractivity contribution is 6.55. The van der Waals surface area contributed by atoms with Crippen molar-refractivity contribution >= 4 is 49.0 Å². The van der Waals surface area contributed by atoms with Crippen LogP contribution in [0.5, 0.6) is 0 Å². The molecule has 0 aromatic heterocycles. The van der Waals surface area contributed by atoms with Crippen LogP contribution in [0, 0.1) is 21.7 Å². The second-order valence-corrected chi connectivity index (χ2v) is 17.8. The molecule has 2 saturated heterocycles. The normalized spacial score (nSPS) is 23.4. The van der Waals surface area contributed by atoms with Gasteiger partial charge >= 0.3 is 42.9 Å². The lowest BCUT2D eigenvalue weighted by atomic mass is 9.87. The minimum atomic E-state index is -1.39. The first-order valence-corrected chi connectivity index (χ1v) is 18.0. The van der Waals surface area contributed by atoms with Crippen LogP contribution in [-0.2, 0) is 61.8 Å². The number of rotatable bonds is 8. The van der Waals surface area contributed by atoms with Gasteiger partial charge in [-0.3, -0.25) is 33.7 Å². The highest BCUT2D eigenvalue weighted by Gasteiger charge is 2.55.